The van der Waals surface area contributed by atoms with E-state index < -0.39 is 0 Å². The van der Waals surface area contributed by atoms with Crippen molar-refractivity contribution in [2.75, 3.05) is 6.54 Å². The van der Waals surface area contributed by atoms with Gasteiger partial charge in [-0.25, -0.2) is 0 Å². The minimum Gasteiger partial charge on any atom is -0.352 e. The molecule has 0 aliphatic rings. The minimum atomic E-state index is 0.0575. The van der Waals surface area contributed by atoms with Gasteiger partial charge in [0, 0.05) is 12.1 Å². The van der Waals surface area contributed by atoms with E-state index in [1.807, 2.05) is 39.0 Å². The standard InChI is InChI=1S/C14H22N2O/c1-11(2)15-10-14(17)16-12(3)9-13-7-5-4-6-8-13/h4-8,11-12,15H,9-10H2,1-3H3,(H,16,17). The molecule has 0 heterocycles. The molecular formula is C14H22N2O. The van der Waals surface area contributed by atoms with Gasteiger partial charge in [-0.1, -0.05) is 44.2 Å². The van der Waals surface area contributed by atoms with Crippen LogP contribution in [-0.2, 0) is 11.2 Å². The lowest BCUT2D eigenvalue weighted by molar-refractivity contribution is -0.120. The van der Waals surface area contributed by atoms with Gasteiger partial charge >= 0.3 is 0 Å². The van der Waals surface area contributed by atoms with Crippen LogP contribution >= 0.6 is 0 Å². The molecule has 0 spiro atoms. The Morgan fingerprint density at radius 3 is 2.41 bits per heavy atom. The molecule has 1 aromatic rings. The monoisotopic (exact) mass is 234 g/mol. The predicted octanol–water partition coefficient (Wildman–Crippen LogP) is 1.73. The fraction of sp³-hybridized carbons (Fsp3) is 0.500. The molecule has 1 amide bonds. The van der Waals surface area contributed by atoms with E-state index in [2.05, 4.69) is 22.8 Å². The molecule has 94 valence electrons. The molecular weight excluding hydrogens is 212 g/mol. The first-order valence-corrected chi connectivity index (χ1v) is 6.14. The SMILES string of the molecule is CC(C)NCC(=O)NC(C)Cc1ccccc1. The fourth-order valence-electron chi connectivity index (χ4n) is 1.64. The third-order valence-electron chi connectivity index (χ3n) is 2.46. The van der Waals surface area contributed by atoms with Crippen molar-refractivity contribution in [2.24, 2.45) is 0 Å². The molecule has 0 bridgehead atoms. The number of nitrogens with one attached hydrogen (secondary N) is 2. The Balaban J connectivity index is 2.29. The van der Waals surface area contributed by atoms with Crippen molar-refractivity contribution in [1.82, 2.24) is 10.6 Å². The van der Waals surface area contributed by atoms with Crippen molar-refractivity contribution in [1.29, 1.82) is 0 Å². The normalized spacial score (nSPS) is 12.5. The molecule has 0 aliphatic carbocycles. The first-order valence-electron chi connectivity index (χ1n) is 6.14. The Kier molecular flexibility index (Phi) is 5.70. The lowest BCUT2D eigenvalue weighted by Crippen LogP contribution is -2.41. The number of hydrogen-bond acceptors (Lipinski definition) is 2. The zero-order valence-electron chi connectivity index (χ0n) is 10.9. The Labute approximate surface area is 104 Å². The second-order valence-electron chi connectivity index (χ2n) is 4.69. The first kappa shape index (κ1) is 13.7. The van der Waals surface area contributed by atoms with Crippen LogP contribution in [0.2, 0.25) is 0 Å². The smallest absolute Gasteiger partial charge is 0.234 e. The van der Waals surface area contributed by atoms with Gasteiger partial charge in [-0.3, -0.25) is 4.79 Å². The molecule has 0 saturated carbocycles. The molecule has 1 rings (SSSR count). The Hall–Kier alpha value is -1.35. The number of rotatable bonds is 6. The Bertz CT molecular complexity index is 335. The summed E-state index contributed by atoms with van der Waals surface area (Å²) in [6.07, 6.45) is 0.869. The summed E-state index contributed by atoms with van der Waals surface area (Å²) in [6.45, 7) is 6.47. The van der Waals surface area contributed by atoms with Crippen molar-refractivity contribution in [3.05, 3.63) is 35.9 Å². The zero-order chi connectivity index (χ0) is 12.7. The molecule has 0 aliphatic heterocycles. The van der Waals surface area contributed by atoms with Gasteiger partial charge in [0.1, 0.15) is 0 Å². The van der Waals surface area contributed by atoms with Crippen LogP contribution in [0.1, 0.15) is 26.3 Å². The van der Waals surface area contributed by atoms with E-state index in [1.54, 1.807) is 0 Å². The largest absolute Gasteiger partial charge is 0.352 e. The average Bonchev–Trinajstić information content (AvgIpc) is 2.27. The summed E-state index contributed by atoms with van der Waals surface area (Å²) >= 11 is 0. The van der Waals surface area contributed by atoms with E-state index in [0.29, 0.717) is 12.6 Å². The van der Waals surface area contributed by atoms with Crippen LogP contribution < -0.4 is 10.6 Å². The second kappa shape index (κ2) is 7.07. The van der Waals surface area contributed by atoms with E-state index in [0.717, 1.165) is 6.42 Å². The summed E-state index contributed by atoms with van der Waals surface area (Å²) in [7, 11) is 0. The van der Waals surface area contributed by atoms with Crippen LogP contribution in [0.5, 0.6) is 0 Å². The van der Waals surface area contributed by atoms with Gasteiger partial charge in [0.05, 0.1) is 6.54 Å². The summed E-state index contributed by atoms with van der Waals surface area (Å²) in [5.41, 5.74) is 1.25. The van der Waals surface area contributed by atoms with Crippen LogP contribution in [0.15, 0.2) is 30.3 Å². The molecule has 1 unspecified atom stereocenters. The first-order chi connectivity index (χ1) is 8.08. The lowest BCUT2D eigenvalue weighted by atomic mass is 10.1. The summed E-state index contributed by atoms with van der Waals surface area (Å²) in [5.74, 6) is 0.0575. The van der Waals surface area contributed by atoms with Crippen molar-refractivity contribution in [3.63, 3.8) is 0 Å². The number of hydrogen-bond donors (Lipinski definition) is 2. The predicted molar refractivity (Wildman–Crippen MR) is 70.9 cm³/mol. The quantitative estimate of drug-likeness (QED) is 0.787. The second-order valence-corrected chi connectivity index (χ2v) is 4.69. The van der Waals surface area contributed by atoms with Crippen LogP contribution in [0, 0.1) is 0 Å². The molecule has 3 nitrogen and oxygen atoms in total. The van der Waals surface area contributed by atoms with Crippen LogP contribution in [-0.4, -0.2) is 24.5 Å². The van der Waals surface area contributed by atoms with Crippen LogP contribution in [0.25, 0.3) is 0 Å². The van der Waals surface area contributed by atoms with Gasteiger partial charge in [0.15, 0.2) is 0 Å². The number of carbonyl (C=O) groups is 1. The molecule has 2 N–H and O–H groups in total. The summed E-state index contributed by atoms with van der Waals surface area (Å²) in [5, 5.41) is 6.08. The highest BCUT2D eigenvalue weighted by atomic mass is 16.1. The topological polar surface area (TPSA) is 41.1 Å². The van der Waals surface area contributed by atoms with E-state index >= 15 is 0 Å². The molecule has 3 heteroatoms. The maximum Gasteiger partial charge on any atom is 0.234 e. The number of amides is 1. The molecule has 0 aromatic heterocycles. The highest BCUT2D eigenvalue weighted by Gasteiger charge is 2.07. The van der Waals surface area contributed by atoms with Crippen molar-refractivity contribution >= 4 is 5.91 Å². The van der Waals surface area contributed by atoms with E-state index in [9.17, 15) is 4.79 Å². The third kappa shape index (κ3) is 6.07. The fourth-order valence-corrected chi connectivity index (χ4v) is 1.64. The van der Waals surface area contributed by atoms with Crippen molar-refractivity contribution in [3.8, 4) is 0 Å². The molecule has 1 atom stereocenters. The molecule has 17 heavy (non-hydrogen) atoms. The van der Waals surface area contributed by atoms with Gasteiger partial charge in [-0.2, -0.15) is 0 Å². The maximum atomic E-state index is 11.6. The Morgan fingerprint density at radius 2 is 1.82 bits per heavy atom. The summed E-state index contributed by atoms with van der Waals surface area (Å²) in [6, 6.07) is 10.7. The minimum absolute atomic E-state index is 0.0575. The van der Waals surface area contributed by atoms with E-state index in [1.165, 1.54) is 5.56 Å². The molecule has 0 saturated heterocycles. The molecule has 0 fully saturated rings. The third-order valence-corrected chi connectivity index (χ3v) is 2.46. The number of carbonyl (C=O) groups excluding carboxylic acids is 1. The van der Waals surface area contributed by atoms with Crippen LogP contribution in [0.4, 0.5) is 0 Å². The summed E-state index contributed by atoms with van der Waals surface area (Å²) < 4.78 is 0. The summed E-state index contributed by atoms with van der Waals surface area (Å²) in [4.78, 5) is 11.6. The molecule has 1 aromatic carbocycles. The van der Waals surface area contributed by atoms with Gasteiger partial charge < -0.3 is 10.6 Å². The highest BCUT2D eigenvalue weighted by molar-refractivity contribution is 5.78. The van der Waals surface area contributed by atoms with Gasteiger partial charge in [-0.15, -0.1) is 0 Å². The number of benzene rings is 1. The highest BCUT2D eigenvalue weighted by Crippen LogP contribution is 2.02. The Morgan fingerprint density at radius 1 is 1.18 bits per heavy atom. The lowest BCUT2D eigenvalue weighted by Gasteiger charge is -2.15. The van der Waals surface area contributed by atoms with Crippen molar-refractivity contribution < 1.29 is 4.79 Å². The van der Waals surface area contributed by atoms with Gasteiger partial charge in [-0.05, 0) is 18.9 Å². The van der Waals surface area contributed by atoms with E-state index in [4.69, 9.17) is 0 Å². The van der Waals surface area contributed by atoms with Gasteiger partial charge in [0.25, 0.3) is 0 Å². The maximum absolute atomic E-state index is 11.6. The average molecular weight is 234 g/mol. The zero-order valence-corrected chi connectivity index (χ0v) is 10.9. The van der Waals surface area contributed by atoms with E-state index in [-0.39, 0.29) is 11.9 Å². The van der Waals surface area contributed by atoms with Gasteiger partial charge in [0.2, 0.25) is 5.91 Å². The van der Waals surface area contributed by atoms with Crippen LogP contribution in [0.3, 0.4) is 0 Å². The molecule has 0 radical (unpaired) electrons. The van der Waals surface area contributed by atoms with Crippen molar-refractivity contribution in [2.45, 2.75) is 39.3 Å².